The van der Waals surface area contributed by atoms with Gasteiger partial charge in [-0.25, -0.2) is 4.90 Å². The van der Waals surface area contributed by atoms with Crippen LogP contribution in [0.2, 0.25) is 5.02 Å². The number of para-hydroxylation sites is 1. The second-order valence-electron chi connectivity index (χ2n) is 5.55. The summed E-state index contributed by atoms with van der Waals surface area (Å²) in [6.07, 6.45) is 1.64. The molecule has 0 aromatic heterocycles. The molecule has 1 heterocycles. The molecule has 0 unspecified atom stereocenters. The van der Waals surface area contributed by atoms with Gasteiger partial charge >= 0.3 is 0 Å². The first-order chi connectivity index (χ1) is 13.0. The van der Waals surface area contributed by atoms with Gasteiger partial charge in [0.2, 0.25) is 0 Å². The van der Waals surface area contributed by atoms with Gasteiger partial charge in [-0.3, -0.25) is 9.59 Å². The number of halogens is 1. The Morgan fingerprint density at radius 1 is 1.07 bits per heavy atom. The number of imide groups is 1. The third-order valence-electron chi connectivity index (χ3n) is 3.73. The van der Waals surface area contributed by atoms with Crippen LogP contribution in [-0.4, -0.2) is 24.4 Å². The highest BCUT2D eigenvalue weighted by Gasteiger charge is 2.36. The van der Waals surface area contributed by atoms with Crippen LogP contribution < -0.4 is 14.4 Å². The van der Waals surface area contributed by atoms with Crippen molar-refractivity contribution in [2.24, 2.45) is 0 Å². The standard InChI is InChI=1S/C20H18ClNO4S/c1-3-25-16-11-13(10-15(21)18(16)26-4-2)12-17-19(23)22(20(24)27-17)14-8-6-5-7-9-14/h5-12H,3-4H2,1-2H3/b17-12-. The quantitative estimate of drug-likeness (QED) is 0.606. The van der Waals surface area contributed by atoms with E-state index >= 15 is 0 Å². The van der Waals surface area contributed by atoms with Crippen LogP contribution in [-0.2, 0) is 4.79 Å². The number of hydrogen-bond acceptors (Lipinski definition) is 5. The summed E-state index contributed by atoms with van der Waals surface area (Å²) >= 11 is 7.22. The van der Waals surface area contributed by atoms with Gasteiger partial charge in [-0.05, 0) is 61.5 Å². The molecule has 2 aromatic carbocycles. The zero-order valence-corrected chi connectivity index (χ0v) is 16.5. The maximum absolute atomic E-state index is 12.7. The molecule has 1 saturated heterocycles. The maximum atomic E-state index is 12.7. The Morgan fingerprint density at radius 2 is 1.78 bits per heavy atom. The van der Waals surface area contributed by atoms with Crippen LogP contribution in [0.4, 0.5) is 10.5 Å². The fourth-order valence-electron chi connectivity index (χ4n) is 2.64. The highest BCUT2D eigenvalue weighted by Crippen LogP contribution is 2.40. The molecule has 2 amide bonds. The van der Waals surface area contributed by atoms with Crippen LogP contribution in [0.15, 0.2) is 47.4 Å². The number of anilines is 1. The van der Waals surface area contributed by atoms with Crippen LogP contribution in [0.5, 0.6) is 11.5 Å². The van der Waals surface area contributed by atoms with E-state index in [1.165, 1.54) is 0 Å². The number of carbonyl (C=O) groups is 2. The lowest BCUT2D eigenvalue weighted by Crippen LogP contribution is -2.27. The molecular formula is C20H18ClNO4S. The Hall–Kier alpha value is -2.44. The highest BCUT2D eigenvalue weighted by atomic mass is 35.5. The second kappa shape index (κ2) is 8.50. The number of nitrogens with zero attached hydrogens (tertiary/aromatic N) is 1. The predicted molar refractivity (Wildman–Crippen MR) is 109 cm³/mol. The van der Waals surface area contributed by atoms with Crippen molar-refractivity contribution in [2.75, 3.05) is 18.1 Å². The van der Waals surface area contributed by atoms with E-state index in [0.29, 0.717) is 45.9 Å². The number of rotatable bonds is 6. The Bertz CT molecular complexity index is 898. The number of thioether (sulfide) groups is 1. The Morgan fingerprint density at radius 3 is 2.44 bits per heavy atom. The van der Waals surface area contributed by atoms with Crippen molar-refractivity contribution in [2.45, 2.75) is 13.8 Å². The number of hydrogen-bond donors (Lipinski definition) is 0. The highest BCUT2D eigenvalue weighted by molar-refractivity contribution is 8.19. The van der Waals surface area contributed by atoms with Gasteiger partial charge in [0.25, 0.3) is 11.1 Å². The van der Waals surface area contributed by atoms with E-state index in [0.717, 1.165) is 16.7 Å². The fraction of sp³-hybridized carbons (Fsp3) is 0.200. The van der Waals surface area contributed by atoms with Crippen LogP contribution in [0, 0.1) is 0 Å². The zero-order chi connectivity index (χ0) is 19.4. The predicted octanol–water partition coefficient (Wildman–Crippen LogP) is 5.38. The molecule has 27 heavy (non-hydrogen) atoms. The van der Waals surface area contributed by atoms with Gasteiger partial charge in [0, 0.05) is 0 Å². The summed E-state index contributed by atoms with van der Waals surface area (Å²) in [5, 5.41) is 0.0517. The Kier molecular flexibility index (Phi) is 6.08. The minimum atomic E-state index is -0.362. The lowest BCUT2D eigenvalue weighted by molar-refractivity contribution is -0.113. The van der Waals surface area contributed by atoms with E-state index in [-0.39, 0.29) is 11.1 Å². The molecule has 0 spiro atoms. The molecule has 0 aliphatic carbocycles. The average Bonchev–Trinajstić information content (AvgIpc) is 2.92. The summed E-state index contributed by atoms with van der Waals surface area (Å²) in [5.41, 5.74) is 1.20. The van der Waals surface area contributed by atoms with Gasteiger partial charge in [-0.1, -0.05) is 29.8 Å². The maximum Gasteiger partial charge on any atom is 0.298 e. The lowest BCUT2D eigenvalue weighted by Gasteiger charge is -2.13. The second-order valence-corrected chi connectivity index (χ2v) is 6.95. The third-order valence-corrected chi connectivity index (χ3v) is 4.88. The summed E-state index contributed by atoms with van der Waals surface area (Å²) in [7, 11) is 0. The number of benzene rings is 2. The molecule has 3 rings (SSSR count). The molecule has 0 bridgehead atoms. The normalized spacial score (nSPS) is 15.5. The lowest BCUT2D eigenvalue weighted by atomic mass is 10.1. The van der Waals surface area contributed by atoms with E-state index in [1.54, 1.807) is 42.5 Å². The minimum Gasteiger partial charge on any atom is -0.490 e. The Labute approximate surface area is 166 Å². The molecule has 0 N–H and O–H groups in total. The summed E-state index contributed by atoms with van der Waals surface area (Å²) in [6.45, 7) is 4.63. The molecule has 0 radical (unpaired) electrons. The third kappa shape index (κ3) is 4.12. The summed E-state index contributed by atoms with van der Waals surface area (Å²) < 4.78 is 11.2. The van der Waals surface area contributed by atoms with E-state index < -0.39 is 0 Å². The molecular weight excluding hydrogens is 386 g/mol. The Balaban J connectivity index is 1.95. The number of ether oxygens (including phenoxy) is 2. The molecule has 0 atom stereocenters. The SMILES string of the molecule is CCOc1cc(/C=C2\SC(=O)N(c3ccccc3)C2=O)cc(Cl)c1OCC. The topological polar surface area (TPSA) is 55.8 Å². The van der Waals surface area contributed by atoms with E-state index in [1.807, 2.05) is 19.9 Å². The molecule has 1 aliphatic rings. The summed E-state index contributed by atoms with van der Waals surface area (Å²) in [4.78, 5) is 26.5. The fourth-order valence-corrected chi connectivity index (χ4v) is 3.75. The molecule has 140 valence electrons. The van der Waals surface area contributed by atoms with Gasteiger partial charge < -0.3 is 9.47 Å². The number of amides is 2. The minimum absolute atomic E-state index is 0.325. The molecule has 0 saturated carbocycles. The van der Waals surface area contributed by atoms with Crippen LogP contribution in [0.3, 0.4) is 0 Å². The van der Waals surface area contributed by atoms with Crippen molar-refractivity contribution >= 4 is 46.3 Å². The van der Waals surface area contributed by atoms with Crippen LogP contribution in [0.1, 0.15) is 19.4 Å². The van der Waals surface area contributed by atoms with Gasteiger partial charge in [0.15, 0.2) is 11.5 Å². The van der Waals surface area contributed by atoms with Crippen molar-refractivity contribution < 1.29 is 19.1 Å². The molecule has 1 fully saturated rings. The van der Waals surface area contributed by atoms with Gasteiger partial charge in [-0.15, -0.1) is 0 Å². The van der Waals surface area contributed by atoms with Crippen molar-refractivity contribution in [3.8, 4) is 11.5 Å². The van der Waals surface area contributed by atoms with Gasteiger partial charge in [0.1, 0.15) is 0 Å². The van der Waals surface area contributed by atoms with E-state index in [4.69, 9.17) is 21.1 Å². The molecule has 5 nitrogen and oxygen atoms in total. The molecule has 1 aliphatic heterocycles. The average molecular weight is 404 g/mol. The zero-order valence-electron chi connectivity index (χ0n) is 14.9. The summed E-state index contributed by atoms with van der Waals surface area (Å²) in [6, 6.07) is 12.3. The van der Waals surface area contributed by atoms with E-state index in [2.05, 4.69) is 0 Å². The smallest absolute Gasteiger partial charge is 0.298 e. The molecule has 2 aromatic rings. The van der Waals surface area contributed by atoms with Gasteiger partial charge in [0.05, 0.1) is 28.8 Å². The van der Waals surface area contributed by atoms with Crippen molar-refractivity contribution in [3.63, 3.8) is 0 Å². The van der Waals surface area contributed by atoms with Crippen molar-refractivity contribution in [1.82, 2.24) is 0 Å². The first-order valence-electron chi connectivity index (χ1n) is 8.47. The van der Waals surface area contributed by atoms with Crippen molar-refractivity contribution in [3.05, 3.63) is 58.0 Å². The first-order valence-corrected chi connectivity index (χ1v) is 9.66. The number of carbonyl (C=O) groups excluding carboxylic acids is 2. The van der Waals surface area contributed by atoms with Gasteiger partial charge in [-0.2, -0.15) is 0 Å². The summed E-state index contributed by atoms with van der Waals surface area (Å²) in [5.74, 6) is 0.607. The largest absolute Gasteiger partial charge is 0.490 e. The van der Waals surface area contributed by atoms with Crippen LogP contribution >= 0.6 is 23.4 Å². The monoisotopic (exact) mass is 403 g/mol. The molecule has 7 heteroatoms. The van der Waals surface area contributed by atoms with Crippen LogP contribution in [0.25, 0.3) is 6.08 Å². The van der Waals surface area contributed by atoms with E-state index in [9.17, 15) is 9.59 Å². The van der Waals surface area contributed by atoms with Crippen molar-refractivity contribution in [1.29, 1.82) is 0 Å². The first kappa shape index (κ1) is 19.3.